The van der Waals surface area contributed by atoms with Gasteiger partial charge in [0.25, 0.3) is 0 Å². The number of amides is 2. The van der Waals surface area contributed by atoms with Gasteiger partial charge in [-0.3, -0.25) is 10.00 Å². The lowest BCUT2D eigenvalue weighted by molar-refractivity contribution is 0.167. The smallest absolute Gasteiger partial charge is 0.323 e. The molecule has 0 radical (unpaired) electrons. The fourth-order valence-electron chi connectivity index (χ4n) is 2.84. The Balaban J connectivity index is 1.73. The molecule has 1 aliphatic rings. The standard InChI is InChI=1S/C18H24N4O3/c1-13-12-25-16-7-5-4-6-14(16)11-22(13)18(23)19-17-10-15(8-9-24-3)20-21(17)2/h4-7,10,13H,8-9,11-12H2,1-3H3,(H,19,23)/t13-/m1/s1. The molecular formula is C18H24N4O3. The molecule has 1 aromatic heterocycles. The molecule has 0 aliphatic carbocycles. The number of carbonyl (C=O) groups is 1. The van der Waals surface area contributed by atoms with E-state index in [0.717, 1.165) is 17.0 Å². The molecule has 0 saturated heterocycles. The van der Waals surface area contributed by atoms with Crippen molar-refractivity contribution < 1.29 is 14.3 Å². The van der Waals surface area contributed by atoms with Crippen molar-refractivity contribution in [2.45, 2.75) is 25.9 Å². The van der Waals surface area contributed by atoms with Crippen molar-refractivity contribution in [1.29, 1.82) is 0 Å². The molecule has 2 heterocycles. The van der Waals surface area contributed by atoms with E-state index < -0.39 is 0 Å². The van der Waals surface area contributed by atoms with Crippen LogP contribution >= 0.6 is 0 Å². The van der Waals surface area contributed by atoms with E-state index in [4.69, 9.17) is 9.47 Å². The number of methoxy groups -OCH3 is 1. The first-order chi connectivity index (χ1) is 12.1. The Kier molecular flexibility index (Phi) is 5.23. The van der Waals surface area contributed by atoms with Crippen LogP contribution in [0.5, 0.6) is 5.75 Å². The van der Waals surface area contributed by atoms with Gasteiger partial charge in [-0.05, 0) is 13.0 Å². The van der Waals surface area contributed by atoms with Crippen molar-refractivity contribution in [3.63, 3.8) is 0 Å². The molecule has 0 unspecified atom stereocenters. The average molecular weight is 344 g/mol. The van der Waals surface area contributed by atoms with E-state index in [0.29, 0.717) is 32.0 Å². The van der Waals surface area contributed by atoms with Gasteiger partial charge < -0.3 is 14.4 Å². The van der Waals surface area contributed by atoms with Gasteiger partial charge in [-0.2, -0.15) is 5.10 Å². The number of hydrogen-bond acceptors (Lipinski definition) is 4. The number of rotatable bonds is 4. The number of fused-ring (bicyclic) bond motifs is 1. The van der Waals surface area contributed by atoms with Crippen LogP contribution in [0.4, 0.5) is 10.6 Å². The Morgan fingerprint density at radius 2 is 2.24 bits per heavy atom. The van der Waals surface area contributed by atoms with Gasteiger partial charge in [0.15, 0.2) is 0 Å². The highest BCUT2D eigenvalue weighted by molar-refractivity contribution is 5.88. The van der Waals surface area contributed by atoms with Gasteiger partial charge in [-0.15, -0.1) is 0 Å². The summed E-state index contributed by atoms with van der Waals surface area (Å²) in [5.74, 6) is 1.51. The van der Waals surface area contributed by atoms with Crippen LogP contribution in [0.2, 0.25) is 0 Å². The first-order valence-corrected chi connectivity index (χ1v) is 8.38. The van der Waals surface area contributed by atoms with Gasteiger partial charge in [0.2, 0.25) is 0 Å². The molecule has 1 aromatic carbocycles. The predicted molar refractivity (Wildman–Crippen MR) is 94.7 cm³/mol. The Labute approximate surface area is 147 Å². The first kappa shape index (κ1) is 17.3. The summed E-state index contributed by atoms with van der Waals surface area (Å²) in [6.07, 6.45) is 0.710. The van der Waals surface area contributed by atoms with E-state index in [1.54, 1.807) is 16.7 Å². The number of benzene rings is 1. The van der Waals surface area contributed by atoms with Gasteiger partial charge in [0.05, 0.1) is 24.9 Å². The quantitative estimate of drug-likeness (QED) is 0.925. The second-order valence-electron chi connectivity index (χ2n) is 6.21. The third-order valence-corrected chi connectivity index (χ3v) is 4.31. The maximum absolute atomic E-state index is 12.8. The molecule has 0 spiro atoms. The third kappa shape index (κ3) is 3.93. The number of ether oxygens (including phenoxy) is 2. The number of nitrogens with one attached hydrogen (secondary N) is 1. The summed E-state index contributed by atoms with van der Waals surface area (Å²) in [6.45, 7) is 3.56. The highest BCUT2D eigenvalue weighted by Gasteiger charge is 2.26. The summed E-state index contributed by atoms with van der Waals surface area (Å²) >= 11 is 0. The van der Waals surface area contributed by atoms with Crippen molar-refractivity contribution in [2.24, 2.45) is 7.05 Å². The van der Waals surface area contributed by atoms with Crippen molar-refractivity contribution in [3.8, 4) is 5.75 Å². The van der Waals surface area contributed by atoms with E-state index in [1.807, 2.05) is 44.3 Å². The summed E-state index contributed by atoms with van der Waals surface area (Å²) in [7, 11) is 3.47. The molecule has 0 saturated carbocycles. The minimum atomic E-state index is -0.158. The van der Waals surface area contributed by atoms with Crippen LogP contribution in [-0.4, -0.2) is 47.1 Å². The average Bonchev–Trinajstić information content (AvgIpc) is 2.85. The van der Waals surface area contributed by atoms with Gasteiger partial charge in [-0.25, -0.2) is 4.79 Å². The Hall–Kier alpha value is -2.54. The lowest BCUT2D eigenvalue weighted by Crippen LogP contribution is -2.42. The van der Waals surface area contributed by atoms with Crippen LogP contribution in [0.15, 0.2) is 30.3 Å². The molecule has 1 atom stereocenters. The van der Waals surface area contributed by atoms with Gasteiger partial charge in [0, 0.05) is 32.2 Å². The van der Waals surface area contributed by atoms with E-state index in [1.165, 1.54) is 0 Å². The molecule has 3 rings (SSSR count). The van der Waals surface area contributed by atoms with Gasteiger partial charge in [-0.1, -0.05) is 18.2 Å². The number of aryl methyl sites for hydroxylation is 1. The molecule has 7 nitrogen and oxygen atoms in total. The molecule has 0 bridgehead atoms. The molecule has 7 heteroatoms. The van der Waals surface area contributed by atoms with Crippen LogP contribution < -0.4 is 10.1 Å². The van der Waals surface area contributed by atoms with E-state index in [2.05, 4.69) is 10.4 Å². The van der Waals surface area contributed by atoms with E-state index >= 15 is 0 Å². The number of carbonyl (C=O) groups excluding carboxylic acids is 1. The number of urea groups is 1. The lowest BCUT2D eigenvalue weighted by Gasteiger charge is -2.26. The molecule has 1 aliphatic heterocycles. The maximum Gasteiger partial charge on any atom is 0.323 e. The monoisotopic (exact) mass is 344 g/mol. The second-order valence-corrected chi connectivity index (χ2v) is 6.21. The fourth-order valence-corrected chi connectivity index (χ4v) is 2.84. The number of para-hydroxylation sites is 1. The topological polar surface area (TPSA) is 68.6 Å². The zero-order valence-electron chi connectivity index (χ0n) is 14.9. The van der Waals surface area contributed by atoms with Crippen LogP contribution in [0.1, 0.15) is 18.2 Å². The summed E-state index contributed by atoms with van der Waals surface area (Å²) in [5.41, 5.74) is 1.89. The second kappa shape index (κ2) is 7.57. The summed E-state index contributed by atoms with van der Waals surface area (Å²) < 4.78 is 12.6. The number of aromatic nitrogens is 2. The summed E-state index contributed by atoms with van der Waals surface area (Å²) in [4.78, 5) is 14.6. The number of nitrogens with zero attached hydrogens (tertiary/aromatic N) is 3. The molecule has 1 N–H and O–H groups in total. The fraction of sp³-hybridized carbons (Fsp3) is 0.444. The molecule has 2 aromatic rings. The zero-order valence-corrected chi connectivity index (χ0v) is 14.9. The Morgan fingerprint density at radius 1 is 1.44 bits per heavy atom. The molecular weight excluding hydrogens is 320 g/mol. The van der Waals surface area contributed by atoms with Crippen LogP contribution in [0, 0.1) is 0 Å². The molecule has 134 valence electrons. The Morgan fingerprint density at radius 3 is 3.04 bits per heavy atom. The minimum Gasteiger partial charge on any atom is -0.491 e. The van der Waals surface area contributed by atoms with E-state index in [9.17, 15) is 4.79 Å². The molecule has 0 fully saturated rings. The van der Waals surface area contributed by atoms with Gasteiger partial charge >= 0.3 is 6.03 Å². The van der Waals surface area contributed by atoms with Crippen LogP contribution in [-0.2, 0) is 24.8 Å². The van der Waals surface area contributed by atoms with Crippen molar-refractivity contribution in [2.75, 3.05) is 25.6 Å². The van der Waals surface area contributed by atoms with E-state index in [-0.39, 0.29) is 12.1 Å². The summed E-state index contributed by atoms with van der Waals surface area (Å²) in [5, 5.41) is 7.36. The Bertz CT molecular complexity index is 744. The largest absolute Gasteiger partial charge is 0.491 e. The highest BCUT2D eigenvalue weighted by Crippen LogP contribution is 2.25. The van der Waals surface area contributed by atoms with Crippen molar-refractivity contribution >= 4 is 11.8 Å². The maximum atomic E-state index is 12.8. The van der Waals surface area contributed by atoms with Crippen molar-refractivity contribution in [1.82, 2.24) is 14.7 Å². The molecule has 25 heavy (non-hydrogen) atoms. The normalized spacial score (nSPS) is 16.8. The zero-order chi connectivity index (χ0) is 17.8. The highest BCUT2D eigenvalue weighted by atomic mass is 16.5. The third-order valence-electron chi connectivity index (χ3n) is 4.31. The van der Waals surface area contributed by atoms with Crippen LogP contribution in [0.25, 0.3) is 0 Å². The van der Waals surface area contributed by atoms with Crippen molar-refractivity contribution in [3.05, 3.63) is 41.6 Å². The number of hydrogen-bond donors (Lipinski definition) is 1. The summed E-state index contributed by atoms with van der Waals surface area (Å²) in [6, 6.07) is 9.51. The molecule has 2 amide bonds. The first-order valence-electron chi connectivity index (χ1n) is 8.38. The van der Waals surface area contributed by atoms with Gasteiger partial charge in [0.1, 0.15) is 18.2 Å². The lowest BCUT2D eigenvalue weighted by atomic mass is 10.2. The predicted octanol–water partition coefficient (Wildman–Crippen LogP) is 2.42. The number of anilines is 1. The van der Waals surface area contributed by atoms with Crippen LogP contribution in [0.3, 0.4) is 0 Å². The SMILES string of the molecule is COCCc1cc(NC(=O)N2Cc3ccccc3OC[C@H]2C)n(C)n1. The minimum absolute atomic E-state index is 0.0337.